The van der Waals surface area contributed by atoms with E-state index in [2.05, 4.69) is 24.8 Å². The van der Waals surface area contributed by atoms with Crippen LogP contribution in [0.4, 0.5) is 5.13 Å². The molecule has 0 aliphatic rings. The van der Waals surface area contributed by atoms with Gasteiger partial charge in [-0.1, -0.05) is 42.9 Å². The van der Waals surface area contributed by atoms with Crippen molar-refractivity contribution in [1.29, 1.82) is 0 Å². The van der Waals surface area contributed by atoms with Gasteiger partial charge in [0.25, 0.3) is 5.91 Å². The molecule has 7 heteroatoms. The van der Waals surface area contributed by atoms with Gasteiger partial charge in [0.15, 0.2) is 5.13 Å². The normalized spacial score (nSPS) is 11.6. The first kappa shape index (κ1) is 22.1. The van der Waals surface area contributed by atoms with Gasteiger partial charge >= 0.3 is 0 Å². The van der Waals surface area contributed by atoms with Crippen LogP contribution in [0.15, 0.2) is 41.3 Å². The van der Waals surface area contributed by atoms with Crippen LogP contribution < -0.4 is 4.90 Å². The first-order valence-corrected chi connectivity index (χ1v) is 11.6. The minimum atomic E-state index is -0.0270. The summed E-state index contributed by atoms with van der Waals surface area (Å²) in [6.07, 6.45) is 0. The van der Waals surface area contributed by atoms with Crippen molar-refractivity contribution in [3.8, 4) is 0 Å². The third-order valence-corrected chi connectivity index (χ3v) is 6.58. The van der Waals surface area contributed by atoms with Crippen molar-refractivity contribution in [3.63, 3.8) is 0 Å². The molecule has 0 aliphatic carbocycles. The standard InChI is InChI=1S/C22H26ClN3OS2/c1-14(2)28-18-8-6-7-16(12-18)21(27)26(10-9-25(4)5)22-24-20-15(3)11-17(23)13-19(20)29-22/h6-8,11-14H,9-10H2,1-5H3. The predicted octanol–water partition coefficient (Wildman–Crippen LogP) is 5.97. The van der Waals surface area contributed by atoms with E-state index >= 15 is 0 Å². The van der Waals surface area contributed by atoms with Gasteiger partial charge in [-0.2, -0.15) is 0 Å². The maximum Gasteiger partial charge on any atom is 0.260 e. The SMILES string of the molecule is Cc1cc(Cl)cc2sc(N(CCN(C)C)C(=O)c3cccc(SC(C)C)c3)nc12. The summed E-state index contributed by atoms with van der Waals surface area (Å²) in [7, 11) is 4.01. The van der Waals surface area contributed by atoms with Crippen LogP contribution in [0.3, 0.4) is 0 Å². The minimum Gasteiger partial charge on any atom is -0.308 e. The molecule has 29 heavy (non-hydrogen) atoms. The average Bonchev–Trinajstić information content (AvgIpc) is 3.05. The van der Waals surface area contributed by atoms with Crippen molar-refractivity contribution in [2.24, 2.45) is 0 Å². The molecule has 1 amide bonds. The Labute approximate surface area is 185 Å². The number of thiazole rings is 1. The van der Waals surface area contributed by atoms with Gasteiger partial charge in [-0.15, -0.1) is 11.8 Å². The molecule has 0 spiro atoms. The lowest BCUT2D eigenvalue weighted by Gasteiger charge is -2.22. The summed E-state index contributed by atoms with van der Waals surface area (Å²) in [4.78, 5) is 23.2. The molecule has 0 saturated heterocycles. The maximum absolute atomic E-state index is 13.5. The molecule has 0 fully saturated rings. The second kappa shape index (κ2) is 9.47. The number of halogens is 1. The molecule has 3 rings (SSSR count). The number of aryl methyl sites for hydroxylation is 1. The molecule has 0 bridgehead atoms. The van der Waals surface area contributed by atoms with Crippen LogP contribution in [0, 0.1) is 6.92 Å². The number of hydrogen-bond donors (Lipinski definition) is 0. The van der Waals surface area contributed by atoms with E-state index in [9.17, 15) is 4.79 Å². The molecule has 2 aromatic carbocycles. The van der Waals surface area contributed by atoms with E-state index in [1.54, 1.807) is 16.7 Å². The summed E-state index contributed by atoms with van der Waals surface area (Å²) < 4.78 is 0.997. The van der Waals surface area contributed by atoms with Gasteiger partial charge < -0.3 is 4.90 Å². The number of carbonyl (C=O) groups is 1. The molecular formula is C22H26ClN3OS2. The maximum atomic E-state index is 13.5. The molecule has 1 heterocycles. The summed E-state index contributed by atoms with van der Waals surface area (Å²) in [6, 6.07) is 11.7. The molecule has 0 radical (unpaired) electrons. The second-order valence-electron chi connectivity index (χ2n) is 7.52. The number of thioether (sulfide) groups is 1. The Morgan fingerprint density at radius 3 is 2.66 bits per heavy atom. The number of amides is 1. The highest BCUT2D eigenvalue weighted by molar-refractivity contribution is 7.99. The molecule has 0 atom stereocenters. The van der Waals surface area contributed by atoms with Crippen molar-refractivity contribution in [2.75, 3.05) is 32.1 Å². The topological polar surface area (TPSA) is 36.4 Å². The van der Waals surface area contributed by atoms with E-state index in [0.717, 1.165) is 27.2 Å². The monoisotopic (exact) mass is 447 g/mol. The van der Waals surface area contributed by atoms with Crippen molar-refractivity contribution in [2.45, 2.75) is 30.9 Å². The lowest BCUT2D eigenvalue weighted by molar-refractivity contribution is 0.0985. The van der Waals surface area contributed by atoms with E-state index in [1.807, 2.05) is 51.4 Å². The number of likely N-dealkylation sites (N-methyl/N-ethyl adjacent to an activating group) is 1. The summed E-state index contributed by atoms with van der Waals surface area (Å²) in [6.45, 7) is 7.62. The number of aromatic nitrogens is 1. The number of benzene rings is 2. The Morgan fingerprint density at radius 1 is 1.21 bits per heavy atom. The molecular weight excluding hydrogens is 422 g/mol. The number of hydrogen-bond acceptors (Lipinski definition) is 5. The lowest BCUT2D eigenvalue weighted by Crippen LogP contribution is -2.36. The first-order valence-electron chi connectivity index (χ1n) is 9.54. The van der Waals surface area contributed by atoms with E-state index in [4.69, 9.17) is 16.6 Å². The van der Waals surface area contributed by atoms with Crippen LogP contribution in [0.2, 0.25) is 5.02 Å². The lowest BCUT2D eigenvalue weighted by atomic mass is 10.2. The molecule has 0 unspecified atom stereocenters. The highest BCUT2D eigenvalue weighted by atomic mass is 35.5. The fourth-order valence-electron chi connectivity index (χ4n) is 2.97. The Kier molecular flexibility index (Phi) is 7.22. The van der Waals surface area contributed by atoms with Crippen LogP contribution in [-0.2, 0) is 0 Å². The average molecular weight is 448 g/mol. The fourth-order valence-corrected chi connectivity index (χ4v) is 5.31. The largest absolute Gasteiger partial charge is 0.308 e. The van der Waals surface area contributed by atoms with Gasteiger partial charge in [0, 0.05) is 33.8 Å². The molecule has 1 aromatic heterocycles. The van der Waals surface area contributed by atoms with Gasteiger partial charge in [-0.3, -0.25) is 9.69 Å². The second-order valence-corrected chi connectivity index (χ2v) is 10.6. The third-order valence-electron chi connectivity index (χ3n) is 4.34. The van der Waals surface area contributed by atoms with Gasteiger partial charge in [0.2, 0.25) is 0 Å². The van der Waals surface area contributed by atoms with E-state index in [1.165, 1.54) is 11.3 Å². The molecule has 4 nitrogen and oxygen atoms in total. The molecule has 0 saturated carbocycles. The van der Waals surface area contributed by atoms with Crippen molar-refractivity contribution in [3.05, 3.63) is 52.5 Å². The molecule has 3 aromatic rings. The smallest absolute Gasteiger partial charge is 0.260 e. The summed E-state index contributed by atoms with van der Waals surface area (Å²) in [5, 5.41) is 1.86. The van der Waals surface area contributed by atoms with Crippen LogP contribution in [0.5, 0.6) is 0 Å². The number of rotatable bonds is 7. The van der Waals surface area contributed by atoms with Gasteiger partial charge in [0.1, 0.15) is 0 Å². The van der Waals surface area contributed by atoms with Crippen molar-refractivity contribution in [1.82, 2.24) is 9.88 Å². The Morgan fingerprint density at radius 2 is 1.97 bits per heavy atom. The summed E-state index contributed by atoms with van der Waals surface area (Å²) in [5.74, 6) is -0.0270. The van der Waals surface area contributed by atoms with Crippen LogP contribution in [-0.4, -0.2) is 48.2 Å². The highest BCUT2D eigenvalue weighted by Crippen LogP contribution is 2.34. The van der Waals surface area contributed by atoms with Gasteiger partial charge in [0.05, 0.1) is 10.2 Å². The van der Waals surface area contributed by atoms with Gasteiger partial charge in [-0.05, 0) is 56.9 Å². The third kappa shape index (κ3) is 5.51. The van der Waals surface area contributed by atoms with Crippen LogP contribution in [0.25, 0.3) is 10.2 Å². The summed E-state index contributed by atoms with van der Waals surface area (Å²) >= 11 is 9.49. The zero-order valence-electron chi connectivity index (χ0n) is 17.4. The van der Waals surface area contributed by atoms with Crippen molar-refractivity contribution < 1.29 is 4.79 Å². The minimum absolute atomic E-state index is 0.0270. The van der Waals surface area contributed by atoms with Crippen LogP contribution >= 0.6 is 34.7 Å². The Hall–Kier alpha value is -1.60. The highest BCUT2D eigenvalue weighted by Gasteiger charge is 2.22. The Bertz CT molecular complexity index is 1020. The summed E-state index contributed by atoms with van der Waals surface area (Å²) in [5.41, 5.74) is 2.61. The van der Waals surface area contributed by atoms with Crippen molar-refractivity contribution >= 4 is 56.0 Å². The number of anilines is 1. The predicted molar refractivity (Wildman–Crippen MR) is 127 cm³/mol. The number of carbonyl (C=O) groups excluding carboxylic acids is 1. The van der Waals surface area contributed by atoms with Gasteiger partial charge in [-0.25, -0.2) is 4.98 Å². The van der Waals surface area contributed by atoms with Crippen LogP contribution in [0.1, 0.15) is 29.8 Å². The number of nitrogens with zero attached hydrogens (tertiary/aromatic N) is 3. The molecule has 0 aliphatic heterocycles. The fraction of sp³-hybridized carbons (Fsp3) is 0.364. The van der Waals surface area contributed by atoms with E-state index in [-0.39, 0.29) is 5.91 Å². The Balaban J connectivity index is 1.99. The zero-order valence-corrected chi connectivity index (χ0v) is 19.8. The zero-order chi connectivity index (χ0) is 21.1. The molecule has 154 valence electrons. The quantitative estimate of drug-likeness (QED) is 0.418. The number of fused-ring (bicyclic) bond motifs is 1. The van der Waals surface area contributed by atoms with E-state index in [0.29, 0.717) is 27.5 Å². The van der Waals surface area contributed by atoms with E-state index < -0.39 is 0 Å². The molecule has 0 N–H and O–H groups in total. The first-order chi connectivity index (χ1) is 13.7.